The molecule has 0 fully saturated rings. The van der Waals surface area contributed by atoms with E-state index >= 15 is 0 Å². The van der Waals surface area contributed by atoms with Gasteiger partial charge in [-0.1, -0.05) is 36.2 Å². The lowest BCUT2D eigenvalue weighted by Crippen LogP contribution is -2.51. The maximum absolute atomic E-state index is 14.4. The van der Waals surface area contributed by atoms with Crippen molar-refractivity contribution in [3.8, 4) is 23.0 Å². The number of nitrogens with zero attached hydrogens (tertiary/aromatic N) is 2. The minimum Gasteiger partial charge on any atom is -0.497 e. The van der Waals surface area contributed by atoms with Gasteiger partial charge in [0.15, 0.2) is 11.5 Å². The molecule has 0 unspecified atom stereocenters. The molecule has 2 amide bonds. The smallest absolute Gasteiger partial charge is 0.265 e. The van der Waals surface area contributed by atoms with Crippen molar-refractivity contribution in [1.82, 2.24) is 10.2 Å². The summed E-state index contributed by atoms with van der Waals surface area (Å²) < 4.78 is 51.1. The van der Waals surface area contributed by atoms with Gasteiger partial charge in [-0.05, 0) is 55.3 Å². The first-order valence-corrected chi connectivity index (χ1v) is 16.1. The van der Waals surface area contributed by atoms with Gasteiger partial charge in [-0.15, -0.1) is 0 Å². The van der Waals surface area contributed by atoms with Crippen LogP contribution in [0.1, 0.15) is 25.8 Å². The zero-order valence-electron chi connectivity index (χ0n) is 25.9. The number of amides is 2. The van der Waals surface area contributed by atoms with E-state index in [-0.39, 0.29) is 33.6 Å². The Bertz CT molecular complexity index is 1620. The highest BCUT2D eigenvalue weighted by Gasteiger charge is 2.35. The molecule has 0 radical (unpaired) electrons. The van der Waals surface area contributed by atoms with Crippen molar-refractivity contribution in [2.24, 2.45) is 0 Å². The SMILES string of the molecule is CCCNC(=O)[C@@H](C)N(Cc1ccc(Cl)cc1Cl)C(=O)CN(c1cc(OC)ccc1OC)S(=O)(=O)c1ccc(OC)c(OC)c1. The van der Waals surface area contributed by atoms with Crippen LogP contribution in [-0.4, -0.2) is 72.7 Å². The summed E-state index contributed by atoms with van der Waals surface area (Å²) in [5.74, 6) is -0.132. The van der Waals surface area contributed by atoms with Crippen molar-refractivity contribution in [2.45, 2.75) is 37.8 Å². The van der Waals surface area contributed by atoms with Crippen LogP contribution >= 0.6 is 23.2 Å². The van der Waals surface area contributed by atoms with Crippen LogP contribution in [0.5, 0.6) is 23.0 Å². The fraction of sp³-hybridized carbons (Fsp3) is 0.355. The minimum absolute atomic E-state index is 0.0348. The quantitative estimate of drug-likeness (QED) is 0.233. The fourth-order valence-corrected chi connectivity index (χ4v) is 6.32. The number of methoxy groups -OCH3 is 4. The molecule has 0 saturated heterocycles. The summed E-state index contributed by atoms with van der Waals surface area (Å²) >= 11 is 12.5. The summed E-state index contributed by atoms with van der Waals surface area (Å²) in [4.78, 5) is 28.4. The average molecular weight is 683 g/mol. The third kappa shape index (κ3) is 8.44. The monoisotopic (exact) mass is 681 g/mol. The predicted molar refractivity (Wildman–Crippen MR) is 173 cm³/mol. The lowest BCUT2D eigenvalue weighted by molar-refractivity contribution is -0.139. The Labute approximate surface area is 274 Å². The number of hydrogen-bond donors (Lipinski definition) is 1. The van der Waals surface area contributed by atoms with Crippen molar-refractivity contribution in [2.75, 3.05) is 45.8 Å². The molecule has 0 aliphatic heterocycles. The number of rotatable bonds is 15. The molecular formula is C31H37Cl2N3O8S. The topological polar surface area (TPSA) is 124 Å². The van der Waals surface area contributed by atoms with Gasteiger partial charge in [0.2, 0.25) is 11.8 Å². The molecule has 0 bridgehead atoms. The molecule has 3 rings (SSSR count). The second-order valence-electron chi connectivity index (χ2n) is 9.79. The van der Waals surface area contributed by atoms with E-state index in [0.717, 1.165) is 4.31 Å². The highest BCUT2D eigenvalue weighted by Crippen LogP contribution is 2.38. The molecule has 3 aromatic rings. The van der Waals surface area contributed by atoms with E-state index in [1.165, 1.54) is 69.7 Å². The molecule has 0 aliphatic carbocycles. The van der Waals surface area contributed by atoms with Crippen LogP contribution in [-0.2, 0) is 26.2 Å². The summed E-state index contributed by atoms with van der Waals surface area (Å²) in [5.41, 5.74) is 0.547. The zero-order chi connectivity index (χ0) is 33.3. The minimum atomic E-state index is -4.47. The molecule has 0 heterocycles. The first-order chi connectivity index (χ1) is 21.4. The Hall–Kier alpha value is -3.87. The third-order valence-electron chi connectivity index (χ3n) is 6.95. The van der Waals surface area contributed by atoms with E-state index in [1.807, 2.05) is 6.92 Å². The van der Waals surface area contributed by atoms with E-state index in [9.17, 15) is 18.0 Å². The molecule has 0 saturated carbocycles. The van der Waals surface area contributed by atoms with Crippen molar-refractivity contribution in [3.63, 3.8) is 0 Å². The summed E-state index contributed by atoms with van der Waals surface area (Å²) in [6, 6.07) is 12.4. The third-order valence-corrected chi connectivity index (χ3v) is 9.29. The summed E-state index contributed by atoms with van der Waals surface area (Å²) in [7, 11) is 1.14. The number of anilines is 1. The van der Waals surface area contributed by atoms with E-state index < -0.39 is 34.4 Å². The van der Waals surface area contributed by atoms with Gasteiger partial charge >= 0.3 is 0 Å². The molecule has 3 aromatic carbocycles. The second-order valence-corrected chi connectivity index (χ2v) is 12.5. The van der Waals surface area contributed by atoms with Crippen LogP contribution < -0.4 is 28.6 Å². The van der Waals surface area contributed by atoms with Gasteiger partial charge in [-0.25, -0.2) is 8.42 Å². The van der Waals surface area contributed by atoms with Crippen LogP contribution in [0.4, 0.5) is 5.69 Å². The lowest BCUT2D eigenvalue weighted by Gasteiger charge is -2.32. The van der Waals surface area contributed by atoms with Crippen LogP contribution in [0.15, 0.2) is 59.5 Å². The van der Waals surface area contributed by atoms with Crippen molar-refractivity contribution in [1.29, 1.82) is 0 Å². The number of sulfonamides is 1. The molecule has 0 spiro atoms. The van der Waals surface area contributed by atoms with Gasteiger partial charge in [0.1, 0.15) is 24.1 Å². The molecular weight excluding hydrogens is 645 g/mol. The normalized spacial score (nSPS) is 11.7. The number of benzene rings is 3. The van der Waals surface area contributed by atoms with Crippen molar-refractivity contribution < 1.29 is 37.0 Å². The molecule has 45 heavy (non-hydrogen) atoms. The molecule has 244 valence electrons. The van der Waals surface area contributed by atoms with Crippen molar-refractivity contribution >= 4 is 50.7 Å². The highest BCUT2D eigenvalue weighted by atomic mass is 35.5. The lowest BCUT2D eigenvalue weighted by atomic mass is 10.1. The average Bonchev–Trinajstić information content (AvgIpc) is 3.04. The van der Waals surface area contributed by atoms with Gasteiger partial charge in [-0.2, -0.15) is 0 Å². The Morgan fingerprint density at radius 1 is 0.867 bits per heavy atom. The van der Waals surface area contributed by atoms with E-state index in [1.54, 1.807) is 25.1 Å². The van der Waals surface area contributed by atoms with Crippen LogP contribution in [0.3, 0.4) is 0 Å². The summed E-state index contributed by atoms with van der Waals surface area (Å²) in [6.45, 7) is 3.05. The molecule has 11 nitrogen and oxygen atoms in total. The van der Waals surface area contributed by atoms with Gasteiger partial charge in [0, 0.05) is 35.3 Å². The molecule has 1 N–H and O–H groups in total. The van der Waals surface area contributed by atoms with Gasteiger partial charge in [0.25, 0.3) is 10.0 Å². The second kappa shape index (κ2) is 15.9. The number of carbonyl (C=O) groups excluding carboxylic acids is 2. The number of halogens is 2. The first-order valence-electron chi connectivity index (χ1n) is 13.9. The standard InChI is InChI=1S/C31H37Cl2N3O8S/c1-7-14-34-31(38)20(2)35(18-21-8-9-22(32)15-25(21)33)30(37)19-36(26-16-23(41-3)10-12-27(26)42-4)45(39,40)24-11-13-28(43-5)29(17-24)44-6/h8-13,15-17,20H,7,14,18-19H2,1-6H3,(H,34,38)/t20-/m1/s1. The maximum Gasteiger partial charge on any atom is 0.265 e. The predicted octanol–water partition coefficient (Wildman–Crippen LogP) is 5.17. The maximum atomic E-state index is 14.4. The Kier molecular flexibility index (Phi) is 12.6. The van der Waals surface area contributed by atoms with E-state index in [0.29, 0.717) is 35.1 Å². The van der Waals surface area contributed by atoms with E-state index in [2.05, 4.69) is 5.32 Å². The number of ether oxygens (including phenoxy) is 4. The Morgan fingerprint density at radius 2 is 1.53 bits per heavy atom. The van der Waals surface area contributed by atoms with Gasteiger partial charge < -0.3 is 29.2 Å². The Morgan fingerprint density at radius 3 is 2.13 bits per heavy atom. The molecule has 1 atom stereocenters. The molecule has 0 aromatic heterocycles. The van der Waals surface area contributed by atoms with E-state index in [4.69, 9.17) is 42.1 Å². The number of hydrogen-bond acceptors (Lipinski definition) is 8. The zero-order valence-corrected chi connectivity index (χ0v) is 28.3. The summed E-state index contributed by atoms with van der Waals surface area (Å²) in [5, 5.41) is 3.47. The Balaban J connectivity index is 2.18. The van der Waals surface area contributed by atoms with Gasteiger partial charge in [-0.3, -0.25) is 13.9 Å². The fourth-order valence-electron chi connectivity index (χ4n) is 4.42. The number of nitrogens with one attached hydrogen (secondary N) is 1. The van der Waals surface area contributed by atoms with Gasteiger partial charge in [0.05, 0.1) is 39.0 Å². The van der Waals surface area contributed by atoms with Crippen LogP contribution in [0, 0.1) is 0 Å². The number of carbonyl (C=O) groups is 2. The largest absolute Gasteiger partial charge is 0.497 e. The molecule has 0 aliphatic rings. The van der Waals surface area contributed by atoms with Crippen LogP contribution in [0.25, 0.3) is 0 Å². The van der Waals surface area contributed by atoms with Crippen LogP contribution in [0.2, 0.25) is 10.0 Å². The summed E-state index contributed by atoms with van der Waals surface area (Å²) in [6.07, 6.45) is 0.683. The first kappa shape index (κ1) is 35.6. The highest BCUT2D eigenvalue weighted by molar-refractivity contribution is 7.92. The molecule has 14 heteroatoms. The van der Waals surface area contributed by atoms with Crippen molar-refractivity contribution in [3.05, 3.63) is 70.2 Å².